The van der Waals surface area contributed by atoms with E-state index in [1.165, 1.54) is 0 Å². The van der Waals surface area contributed by atoms with E-state index in [4.69, 9.17) is 20.8 Å². The Kier molecular flexibility index (Phi) is 5.42. The number of hydrogen-bond acceptors (Lipinski definition) is 5. The molecule has 1 aromatic rings. The van der Waals surface area contributed by atoms with Crippen molar-refractivity contribution in [2.24, 2.45) is 0 Å². The van der Waals surface area contributed by atoms with Crippen LogP contribution in [-0.4, -0.2) is 36.5 Å². The Morgan fingerprint density at radius 3 is 2.73 bits per heavy atom. The van der Waals surface area contributed by atoms with Crippen molar-refractivity contribution in [3.8, 4) is 0 Å². The van der Waals surface area contributed by atoms with Gasteiger partial charge in [0.15, 0.2) is 0 Å². The Morgan fingerprint density at radius 1 is 1.40 bits per heavy atom. The van der Waals surface area contributed by atoms with Crippen LogP contribution in [0.3, 0.4) is 0 Å². The van der Waals surface area contributed by atoms with E-state index in [0.29, 0.717) is 25.1 Å². The third kappa shape index (κ3) is 3.68. The van der Waals surface area contributed by atoms with E-state index in [0.717, 1.165) is 13.1 Å². The first-order valence-corrected chi connectivity index (χ1v) is 5.56. The lowest BCUT2D eigenvalue weighted by Crippen LogP contribution is -2.27. The van der Waals surface area contributed by atoms with E-state index >= 15 is 0 Å². The summed E-state index contributed by atoms with van der Waals surface area (Å²) in [7, 11) is 0. The van der Waals surface area contributed by atoms with Gasteiger partial charge in [-0.1, -0.05) is 5.10 Å². The maximum Gasteiger partial charge on any atom is 0.318 e. The van der Waals surface area contributed by atoms with Crippen molar-refractivity contribution < 1.29 is 9.15 Å². The molecule has 0 atom stereocenters. The van der Waals surface area contributed by atoms with Crippen LogP contribution >= 0.6 is 11.6 Å². The lowest BCUT2D eigenvalue weighted by atomic mass is 10.5. The molecule has 86 valence electrons. The van der Waals surface area contributed by atoms with Gasteiger partial charge in [-0.25, -0.2) is 0 Å². The average molecular weight is 234 g/mol. The molecule has 0 fully saturated rings. The van der Waals surface area contributed by atoms with Crippen LogP contribution in [0.25, 0.3) is 0 Å². The number of ether oxygens (including phenoxy) is 1. The fraction of sp³-hybridized carbons (Fsp3) is 0.778. The molecular formula is C9H16ClN3O2. The van der Waals surface area contributed by atoms with Crippen LogP contribution in [-0.2, 0) is 10.6 Å². The van der Waals surface area contributed by atoms with E-state index in [1.807, 2.05) is 18.7 Å². The van der Waals surface area contributed by atoms with Crippen molar-refractivity contribution in [3.63, 3.8) is 0 Å². The Balaban J connectivity index is 2.49. The third-order valence-corrected chi connectivity index (χ3v) is 2.16. The molecule has 0 aliphatic rings. The molecular weight excluding hydrogens is 218 g/mol. The van der Waals surface area contributed by atoms with Crippen LogP contribution in [0.4, 0.5) is 6.01 Å². The molecule has 0 saturated heterocycles. The second kappa shape index (κ2) is 6.63. The van der Waals surface area contributed by atoms with E-state index in [2.05, 4.69) is 10.2 Å². The smallest absolute Gasteiger partial charge is 0.318 e. The number of nitrogens with zero attached hydrogens (tertiary/aromatic N) is 3. The average Bonchev–Trinajstić information content (AvgIpc) is 2.73. The zero-order valence-electron chi connectivity index (χ0n) is 9.07. The zero-order valence-corrected chi connectivity index (χ0v) is 9.83. The van der Waals surface area contributed by atoms with Crippen LogP contribution in [0.2, 0.25) is 0 Å². The van der Waals surface area contributed by atoms with Crippen molar-refractivity contribution in [1.82, 2.24) is 10.2 Å². The number of anilines is 1. The monoisotopic (exact) mass is 233 g/mol. The molecule has 0 aliphatic carbocycles. The maximum absolute atomic E-state index is 5.58. The van der Waals surface area contributed by atoms with Gasteiger partial charge in [-0.2, -0.15) is 0 Å². The van der Waals surface area contributed by atoms with E-state index in [-0.39, 0.29) is 5.88 Å². The molecule has 0 N–H and O–H groups in total. The van der Waals surface area contributed by atoms with Gasteiger partial charge in [0.2, 0.25) is 5.89 Å². The summed E-state index contributed by atoms with van der Waals surface area (Å²) in [4.78, 5) is 1.96. The molecule has 0 amide bonds. The lowest BCUT2D eigenvalue weighted by Gasteiger charge is -2.17. The second-order valence-corrected chi connectivity index (χ2v) is 3.16. The number of halogens is 1. The summed E-state index contributed by atoms with van der Waals surface area (Å²) in [6.45, 7) is 6.91. The molecule has 1 aromatic heterocycles. The molecule has 0 bridgehead atoms. The van der Waals surface area contributed by atoms with Crippen molar-refractivity contribution in [1.29, 1.82) is 0 Å². The summed E-state index contributed by atoms with van der Waals surface area (Å²) in [5.41, 5.74) is 0. The Labute approximate surface area is 94.4 Å². The molecule has 0 unspecified atom stereocenters. The van der Waals surface area contributed by atoms with E-state index in [1.54, 1.807) is 0 Å². The topological polar surface area (TPSA) is 51.4 Å². The Hall–Kier alpha value is -0.810. The highest BCUT2D eigenvalue weighted by Gasteiger charge is 2.11. The number of alkyl halides is 1. The van der Waals surface area contributed by atoms with Gasteiger partial charge in [0.1, 0.15) is 5.88 Å². The van der Waals surface area contributed by atoms with Gasteiger partial charge in [-0.05, 0) is 13.8 Å². The molecule has 0 saturated carbocycles. The molecule has 0 aromatic carbocycles. The van der Waals surface area contributed by atoms with Gasteiger partial charge >= 0.3 is 6.01 Å². The van der Waals surface area contributed by atoms with Gasteiger partial charge in [-0.15, -0.1) is 16.7 Å². The molecule has 6 heteroatoms. The molecule has 0 spiro atoms. The Morgan fingerprint density at radius 2 is 2.20 bits per heavy atom. The van der Waals surface area contributed by atoms with Crippen molar-refractivity contribution in [2.75, 3.05) is 31.2 Å². The van der Waals surface area contributed by atoms with Gasteiger partial charge in [-0.3, -0.25) is 0 Å². The molecule has 1 rings (SSSR count). The first-order chi connectivity index (χ1) is 7.31. The fourth-order valence-electron chi connectivity index (χ4n) is 1.13. The summed E-state index contributed by atoms with van der Waals surface area (Å²) in [5.74, 6) is 0.692. The van der Waals surface area contributed by atoms with E-state index < -0.39 is 0 Å². The zero-order chi connectivity index (χ0) is 11.1. The second-order valence-electron chi connectivity index (χ2n) is 2.89. The van der Waals surface area contributed by atoms with Crippen LogP contribution < -0.4 is 4.90 Å². The minimum absolute atomic E-state index is 0.246. The number of aromatic nitrogens is 2. The maximum atomic E-state index is 5.58. The number of likely N-dealkylation sites (N-methyl/N-ethyl adjacent to an activating group) is 1. The highest BCUT2D eigenvalue weighted by Crippen LogP contribution is 2.12. The van der Waals surface area contributed by atoms with Gasteiger partial charge in [0.25, 0.3) is 0 Å². The molecule has 0 radical (unpaired) electrons. The minimum atomic E-state index is 0.246. The molecule has 5 nitrogen and oxygen atoms in total. The Bertz CT molecular complexity index is 280. The summed E-state index contributed by atoms with van der Waals surface area (Å²) in [5, 5.41) is 7.71. The summed E-state index contributed by atoms with van der Waals surface area (Å²) in [6.07, 6.45) is 0. The lowest BCUT2D eigenvalue weighted by molar-refractivity contribution is 0.153. The van der Waals surface area contributed by atoms with Gasteiger partial charge in [0.05, 0.1) is 6.61 Å². The standard InChI is InChI=1S/C9H16ClN3O2/c1-3-13(5-6-14-4-2)9-12-11-8(7-10)15-9/h3-7H2,1-2H3. The molecule has 1 heterocycles. The summed E-state index contributed by atoms with van der Waals surface area (Å²) < 4.78 is 10.6. The normalized spacial score (nSPS) is 10.6. The van der Waals surface area contributed by atoms with Crippen LogP contribution in [0, 0.1) is 0 Å². The SMILES string of the molecule is CCOCCN(CC)c1nnc(CCl)o1. The number of rotatable bonds is 7. The number of hydrogen-bond donors (Lipinski definition) is 0. The largest absolute Gasteiger partial charge is 0.407 e. The first kappa shape index (κ1) is 12.3. The highest BCUT2D eigenvalue weighted by atomic mass is 35.5. The summed E-state index contributed by atoms with van der Waals surface area (Å²) in [6, 6.07) is 0.507. The first-order valence-electron chi connectivity index (χ1n) is 5.02. The van der Waals surface area contributed by atoms with Crippen molar-refractivity contribution >= 4 is 17.6 Å². The highest BCUT2D eigenvalue weighted by molar-refractivity contribution is 6.16. The van der Waals surface area contributed by atoms with Gasteiger partial charge < -0.3 is 14.1 Å². The quantitative estimate of drug-likeness (QED) is 0.530. The minimum Gasteiger partial charge on any atom is -0.407 e. The predicted molar refractivity (Wildman–Crippen MR) is 58.2 cm³/mol. The molecule has 15 heavy (non-hydrogen) atoms. The van der Waals surface area contributed by atoms with Crippen LogP contribution in [0.5, 0.6) is 0 Å². The predicted octanol–water partition coefficient (Wildman–Crippen LogP) is 1.67. The van der Waals surface area contributed by atoms with E-state index in [9.17, 15) is 0 Å². The van der Waals surface area contributed by atoms with Crippen LogP contribution in [0.15, 0.2) is 4.42 Å². The van der Waals surface area contributed by atoms with Crippen molar-refractivity contribution in [3.05, 3.63) is 5.89 Å². The fourth-order valence-corrected chi connectivity index (χ4v) is 1.24. The third-order valence-electron chi connectivity index (χ3n) is 1.93. The van der Waals surface area contributed by atoms with Gasteiger partial charge in [0, 0.05) is 19.7 Å². The van der Waals surface area contributed by atoms with Crippen LogP contribution in [0.1, 0.15) is 19.7 Å². The van der Waals surface area contributed by atoms with Crippen molar-refractivity contribution in [2.45, 2.75) is 19.7 Å². The molecule has 0 aliphatic heterocycles. The summed E-state index contributed by atoms with van der Waals surface area (Å²) >= 11 is 5.58.